The Hall–Kier alpha value is -1.00. The molecule has 0 spiro atoms. The molecule has 4 nitrogen and oxygen atoms in total. The lowest BCUT2D eigenvalue weighted by Crippen LogP contribution is -2.67. The highest BCUT2D eigenvalue weighted by Crippen LogP contribution is 2.28. The summed E-state index contributed by atoms with van der Waals surface area (Å²) in [6.07, 6.45) is 5.96. The van der Waals surface area contributed by atoms with Crippen LogP contribution in [0.1, 0.15) is 46.4 Å². The molecule has 1 aromatic rings. The lowest BCUT2D eigenvalue weighted by molar-refractivity contribution is 0.0143. The van der Waals surface area contributed by atoms with Crippen molar-refractivity contribution in [3.8, 4) is 0 Å². The van der Waals surface area contributed by atoms with E-state index in [9.17, 15) is 0 Å². The van der Waals surface area contributed by atoms with Crippen molar-refractivity contribution in [2.45, 2.75) is 58.2 Å². The number of piperazine rings is 1. The van der Waals surface area contributed by atoms with E-state index in [0.29, 0.717) is 0 Å². The Bertz CT molecular complexity index is 398. The predicted molar refractivity (Wildman–Crippen MR) is 77.8 cm³/mol. The molecule has 106 valence electrons. The average molecular weight is 262 g/mol. The molecule has 1 aliphatic rings. The number of rotatable bonds is 4. The lowest BCUT2D eigenvalue weighted by Gasteiger charge is -2.51. The minimum absolute atomic E-state index is 0.146. The zero-order chi connectivity index (χ0) is 13.9. The summed E-state index contributed by atoms with van der Waals surface area (Å²) in [5, 5.41) is 3.76. The highest BCUT2D eigenvalue weighted by Gasteiger charge is 2.40. The summed E-state index contributed by atoms with van der Waals surface area (Å²) in [7, 11) is 0. The fraction of sp³-hybridized carbons (Fsp3) is 0.733. The smallest absolute Gasteiger partial charge is 0.142 e. The van der Waals surface area contributed by atoms with Gasteiger partial charge in [-0.2, -0.15) is 0 Å². The van der Waals surface area contributed by atoms with Gasteiger partial charge in [0.15, 0.2) is 0 Å². The second kappa shape index (κ2) is 5.55. The van der Waals surface area contributed by atoms with Gasteiger partial charge in [-0.1, -0.05) is 13.8 Å². The molecule has 1 saturated heterocycles. The summed E-state index contributed by atoms with van der Waals surface area (Å²) in [4.78, 5) is 11.2. The van der Waals surface area contributed by atoms with Gasteiger partial charge in [-0.25, -0.2) is 9.97 Å². The summed E-state index contributed by atoms with van der Waals surface area (Å²) in [5.41, 5.74) is 0.386. The summed E-state index contributed by atoms with van der Waals surface area (Å²) < 4.78 is 0. The number of hydrogen-bond acceptors (Lipinski definition) is 4. The molecule has 2 heterocycles. The Kier molecular flexibility index (Phi) is 4.21. The third-order valence-corrected chi connectivity index (χ3v) is 4.55. The number of aromatic nitrogens is 2. The first-order chi connectivity index (χ1) is 9.01. The maximum atomic E-state index is 4.36. The van der Waals surface area contributed by atoms with Gasteiger partial charge in [-0.05, 0) is 32.8 Å². The molecular formula is C15H26N4. The third kappa shape index (κ3) is 3.12. The first-order valence-corrected chi connectivity index (χ1v) is 7.27. The Labute approximate surface area is 116 Å². The van der Waals surface area contributed by atoms with E-state index in [1.807, 2.05) is 18.5 Å². The molecule has 0 unspecified atom stereocenters. The molecular weight excluding hydrogens is 236 g/mol. The van der Waals surface area contributed by atoms with E-state index in [1.54, 1.807) is 0 Å². The van der Waals surface area contributed by atoms with Gasteiger partial charge in [0.2, 0.25) is 0 Å². The second-order valence-electron chi connectivity index (χ2n) is 6.17. The molecule has 2 rings (SSSR count). The van der Waals surface area contributed by atoms with Crippen molar-refractivity contribution in [1.29, 1.82) is 0 Å². The van der Waals surface area contributed by atoms with Crippen LogP contribution >= 0.6 is 0 Å². The molecule has 0 aliphatic carbocycles. The Balaban J connectivity index is 2.15. The minimum Gasteiger partial charge on any atom is -0.308 e. The fourth-order valence-corrected chi connectivity index (χ4v) is 2.73. The predicted octanol–water partition coefficient (Wildman–Crippen LogP) is 2.22. The third-order valence-electron chi connectivity index (χ3n) is 4.55. The van der Waals surface area contributed by atoms with Crippen LogP contribution < -0.4 is 5.32 Å². The van der Waals surface area contributed by atoms with Gasteiger partial charge in [0.1, 0.15) is 5.82 Å². The van der Waals surface area contributed by atoms with Gasteiger partial charge in [0.05, 0.1) is 6.54 Å². The zero-order valence-electron chi connectivity index (χ0n) is 12.6. The fourth-order valence-electron chi connectivity index (χ4n) is 2.73. The van der Waals surface area contributed by atoms with Crippen LogP contribution in [0.4, 0.5) is 0 Å². The van der Waals surface area contributed by atoms with E-state index in [1.165, 1.54) is 0 Å². The molecule has 0 atom stereocenters. The SMILES string of the molecule is CCC1(CC)CN(Cc2ncccn2)C(C)(C)CN1. The highest BCUT2D eigenvalue weighted by atomic mass is 15.3. The van der Waals surface area contributed by atoms with Gasteiger partial charge < -0.3 is 5.32 Å². The van der Waals surface area contributed by atoms with E-state index in [-0.39, 0.29) is 11.1 Å². The van der Waals surface area contributed by atoms with Gasteiger partial charge in [0, 0.05) is 36.6 Å². The van der Waals surface area contributed by atoms with Crippen molar-refractivity contribution in [1.82, 2.24) is 20.2 Å². The van der Waals surface area contributed by atoms with Crippen LogP contribution in [0.25, 0.3) is 0 Å². The maximum absolute atomic E-state index is 4.36. The van der Waals surface area contributed by atoms with Crippen LogP contribution in [0.3, 0.4) is 0 Å². The molecule has 4 heteroatoms. The lowest BCUT2D eigenvalue weighted by atomic mass is 9.85. The van der Waals surface area contributed by atoms with Crippen LogP contribution in [0.2, 0.25) is 0 Å². The molecule has 1 aromatic heterocycles. The van der Waals surface area contributed by atoms with E-state index < -0.39 is 0 Å². The Morgan fingerprint density at radius 1 is 1.21 bits per heavy atom. The second-order valence-corrected chi connectivity index (χ2v) is 6.17. The summed E-state index contributed by atoms with van der Waals surface area (Å²) in [6.45, 7) is 12.0. The molecule has 0 aromatic carbocycles. The largest absolute Gasteiger partial charge is 0.308 e. The van der Waals surface area contributed by atoms with Crippen molar-refractivity contribution < 1.29 is 0 Å². The number of hydrogen-bond donors (Lipinski definition) is 1. The topological polar surface area (TPSA) is 41.1 Å². The van der Waals surface area contributed by atoms with Gasteiger partial charge in [0.25, 0.3) is 0 Å². The van der Waals surface area contributed by atoms with E-state index >= 15 is 0 Å². The minimum atomic E-state index is 0.146. The van der Waals surface area contributed by atoms with E-state index in [0.717, 1.165) is 38.3 Å². The van der Waals surface area contributed by atoms with Crippen molar-refractivity contribution in [2.24, 2.45) is 0 Å². The summed E-state index contributed by atoms with van der Waals surface area (Å²) >= 11 is 0. The first-order valence-electron chi connectivity index (χ1n) is 7.27. The maximum Gasteiger partial charge on any atom is 0.142 e. The number of nitrogens with one attached hydrogen (secondary N) is 1. The molecule has 1 N–H and O–H groups in total. The van der Waals surface area contributed by atoms with E-state index in [2.05, 4.69) is 47.9 Å². The van der Waals surface area contributed by atoms with Crippen molar-refractivity contribution >= 4 is 0 Å². The molecule has 1 aliphatic heterocycles. The van der Waals surface area contributed by atoms with Gasteiger partial charge in [-0.15, -0.1) is 0 Å². The average Bonchev–Trinajstić information content (AvgIpc) is 2.43. The monoisotopic (exact) mass is 262 g/mol. The first kappa shape index (κ1) is 14.4. The van der Waals surface area contributed by atoms with Crippen LogP contribution in [0.5, 0.6) is 0 Å². The standard InChI is InChI=1S/C15H26N4/c1-5-15(6-2)12-19(14(3,4)11-18-15)10-13-16-8-7-9-17-13/h7-9,18H,5-6,10-12H2,1-4H3. The molecule has 19 heavy (non-hydrogen) atoms. The van der Waals surface area contributed by atoms with Crippen LogP contribution in [-0.4, -0.2) is 39.0 Å². The quantitative estimate of drug-likeness (QED) is 0.903. The van der Waals surface area contributed by atoms with Crippen molar-refractivity contribution in [2.75, 3.05) is 13.1 Å². The van der Waals surface area contributed by atoms with E-state index in [4.69, 9.17) is 0 Å². The summed E-state index contributed by atoms with van der Waals surface area (Å²) in [5.74, 6) is 0.915. The Morgan fingerprint density at radius 3 is 2.42 bits per heavy atom. The van der Waals surface area contributed by atoms with Gasteiger partial charge in [-0.3, -0.25) is 4.90 Å². The molecule has 0 saturated carbocycles. The molecule has 0 radical (unpaired) electrons. The van der Waals surface area contributed by atoms with Crippen molar-refractivity contribution in [3.05, 3.63) is 24.3 Å². The number of nitrogens with zero attached hydrogens (tertiary/aromatic N) is 3. The molecule has 1 fully saturated rings. The zero-order valence-corrected chi connectivity index (χ0v) is 12.6. The normalized spacial score (nSPS) is 22.3. The van der Waals surface area contributed by atoms with Crippen LogP contribution in [-0.2, 0) is 6.54 Å². The molecule has 0 amide bonds. The van der Waals surface area contributed by atoms with Crippen molar-refractivity contribution in [3.63, 3.8) is 0 Å². The Morgan fingerprint density at radius 2 is 1.84 bits per heavy atom. The molecule has 0 bridgehead atoms. The highest BCUT2D eigenvalue weighted by molar-refractivity contribution is 5.02. The van der Waals surface area contributed by atoms with Crippen LogP contribution in [0.15, 0.2) is 18.5 Å². The van der Waals surface area contributed by atoms with Crippen LogP contribution in [0, 0.1) is 0 Å². The van der Waals surface area contributed by atoms with Gasteiger partial charge >= 0.3 is 0 Å². The summed E-state index contributed by atoms with van der Waals surface area (Å²) in [6, 6.07) is 1.87.